The highest BCUT2D eigenvalue weighted by atomic mass is 127. The van der Waals surface area contributed by atoms with Gasteiger partial charge in [-0.25, -0.2) is 8.42 Å². The van der Waals surface area contributed by atoms with E-state index < -0.39 is 22.0 Å². The van der Waals surface area contributed by atoms with Crippen LogP contribution in [0.1, 0.15) is 43.7 Å². The molecule has 3 rings (SSSR count). The zero-order chi connectivity index (χ0) is 24.9. The molecule has 0 aromatic heterocycles. The summed E-state index contributed by atoms with van der Waals surface area (Å²) in [5.74, 6) is -0.646. The maximum Gasteiger partial charge on any atom is 0.244 e. The number of benzene rings is 2. The Morgan fingerprint density at radius 1 is 1.12 bits per heavy atom. The van der Waals surface area contributed by atoms with Crippen LogP contribution in [0.2, 0.25) is 0 Å². The first-order valence-corrected chi connectivity index (χ1v) is 14.4. The highest BCUT2D eigenvalue weighted by Crippen LogP contribution is 2.21. The van der Waals surface area contributed by atoms with Gasteiger partial charge in [0, 0.05) is 16.2 Å². The lowest BCUT2D eigenvalue weighted by molar-refractivity contribution is -0.139. The Kier molecular flexibility index (Phi) is 8.97. The molecule has 2 amide bonds. The Balaban J connectivity index is 1.87. The monoisotopic (exact) mass is 597 g/mol. The fourth-order valence-electron chi connectivity index (χ4n) is 4.20. The molecule has 0 saturated heterocycles. The van der Waals surface area contributed by atoms with Gasteiger partial charge < -0.3 is 10.2 Å². The molecule has 0 unspecified atom stereocenters. The zero-order valence-corrected chi connectivity index (χ0v) is 22.8. The van der Waals surface area contributed by atoms with Crippen molar-refractivity contribution in [2.75, 3.05) is 17.1 Å². The van der Waals surface area contributed by atoms with Crippen molar-refractivity contribution in [2.24, 2.45) is 0 Å². The number of hydrogen-bond donors (Lipinski definition) is 1. The number of hydrogen-bond acceptors (Lipinski definition) is 4. The number of rotatable bonds is 9. The van der Waals surface area contributed by atoms with Crippen LogP contribution in [0.3, 0.4) is 0 Å². The Bertz CT molecular complexity index is 1120. The molecule has 1 aliphatic rings. The lowest BCUT2D eigenvalue weighted by Gasteiger charge is -2.32. The normalized spacial score (nSPS) is 15.1. The smallest absolute Gasteiger partial charge is 0.244 e. The molecule has 9 heteroatoms. The first kappa shape index (κ1) is 26.5. The second-order valence-corrected chi connectivity index (χ2v) is 12.1. The van der Waals surface area contributed by atoms with Crippen molar-refractivity contribution in [3.8, 4) is 0 Å². The van der Waals surface area contributed by atoms with Gasteiger partial charge in [-0.1, -0.05) is 42.7 Å². The van der Waals surface area contributed by atoms with Gasteiger partial charge in [-0.05, 0) is 79.1 Å². The second kappa shape index (κ2) is 11.5. The summed E-state index contributed by atoms with van der Waals surface area (Å²) in [5, 5.41) is 3.07. The number of sulfonamides is 1. The number of carbonyl (C=O) groups excluding carboxylic acids is 2. The third-order valence-electron chi connectivity index (χ3n) is 6.10. The minimum absolute atomic E-state index is 0.130. The van der Waals surface area contributed by atoms with Crippen LogP contribution >= 0.6 is 22.6 Å². The molecule has 2 aromatic carbocycles. The number of aryl methyl sites for hydroxylation is 1. The third-order valence-corrected chi connectivity index (χ3v) is 7.96. The average Bonchev–Trinajstić information content (AvgIpc) is 3.28. The highest BCUT2D eigenvalue weighted by Gasteiger charge is 2.31. The van der Waals surface area contributed by atoms with Crippen LogP contribution in [0.25, 0.3) is 0 Å². The Hall–Kier alpha value is -2.14. The quantitative estimate of drug-likeness (QED) is 0.446. The molecule has 0 radical (unpaired) electrons. The standard InChI is InChI=1S/C25H32IN3O4S/c1-18-7-6-8-20(15-18)16-28(19(2)25(31)27-22-9-4-5-10-22)24(30)17-29(34(3,32)33)23-13-11-21(26)12-14-23/h6-8,11-15,19,22H,4-5,9-10,16-17H2,1-3H3,(H,27,31)/t19-/m0/s1. The van der Waals surface area contributed by atoms with Crippen LogP contribution < -0.4 is 9.62 Å². The summed E-state index contributed by atoms with van der Waals surface area (Å²) in [6, 6.07) is 14.1. The zero-order valence-electron chi connectivity index (χ0n) is 19.8. The van der Waals surface area contributed by atoms with Crippen LogP contribution in [0.5, 0.6) is 0 Å². The molecular weight excluding hydrogens is 565 g/mol. The van der Waals surface area contributed by atoms with Gasteiger partial charge in [0.2, 0.25) is 21.8 Å². The van der Waals surface area contributed by atoms with Gasteiger partial charge >= 0.3 is 0 Å². The van der Waals surface area contributed by atoms with E-state index in [1.807, 2.05) is 31.2 Å². The largest absolute Gasteiger partial charge is 0.352 e. The summed E-state index contributed by atoms with van der Waals surface area (Å²) in [6.45, 7) is 3.50. The molecule has 1 fully saturated rings. The number of carbonyl (C=O) groups is 2. The van der Waals surface area contributed by atoms with Crippen LogP contribution in [0.4, 0.5) is 5.69 Å². The number of anilines is 1. The van der Waals surface area contributed by atoms with Crippen molar-refractivity contribution in [1.29, 1.82) is 0 Å². The van der Waals surface area contributed by atoms with Crippen molar-refractivity contribution in [3.63, 3.8) is 0 Å². The summed E-state index contributed by atoms with van der Waals surface area (Å²) >= 11 is 2.14. The van der Waals surface area contributed by atoms with Crippen molar-refractivity contribution in [2.45, 2.75) is 58.2 Å². The molecule has 1 N–H and O–H groups in total. The van der Waals surface area contributed by atoms with E-state index in [2.05, 4.69) is 27.9 Å². The number of amides is 2. The first-order valence-electron chi connectivity index (χ1n) is 11.4. The number of nitrogens with zero attached hydrogens (tertiary/aromatic N) is 2. The van der Waals surface area contributed by atoms with E-state index in [0.717, 1.165) is 50.9 Å². The molecule has 1 saturated carbocycles. The summed E-state index contributed by atoms with van der Waals surface area (Å²) in [7, 11) is -3.72. The second-order valence-electron chi connectivity index (χ2n) is 8.92. The summed E-state index contributed by atoms with van der Waals surface area (Å²) < 4.78 is 27.2. The van der Waals surface area contributed by atoms with E-state index in [1.165, 1.54) is 4.90 Å². The predicted octanol–water partition coefficient (Wildman–Crippen LogP) is 3.84. The fraction of sp³-hybridized carbons (Fsp3) is 0.440. The van der Waals surface area contributed by atoms with Gasteiger partial charge in [0.05, 0.1) is 11.9 Å². The van der Waals surface area contributed by atoms with E-state index in [1.54, 1.807) is 31.2 Å². The van der Waals surface area contributed by atoms with E-state index in [-0.39, 0.29) is 25.0 Å². The van der Waals surface area contributed by atoms with Crippen molar-refractivity contribution in [3.05, 3.63) is 63.2 Å². The first-order chi connectivity index (χ1) is 16.0. The topological polar surface area (TPSA) is 86.8 Å². The molecule has 0 bridgehead atoms. The molecule has 1 atom stereocenters. The van der Waals surface area contributed by atoms with Gasteiger partial charge in [0.1, 0.15) is 12.6 Å². The van der Waals surface area contributed by atoms with Gasteiger partial charge in [0.25, 0.3) is 0 Å². The Labute approximate surface area is 216 Å². The van der Waals surface area contributed by atoms with Gasteiger partial charge in [0.15, 0.2) is 0 Å². The van der Waals surface area contributed by atoms with Crippen LogP contribution in [-0.2, 0) is 26.2 Å². The van der Waals surface area contributed by atoms with E-state index in [9.17, 15) is 18.0 Å². The van der Waals surface area contributed by atoms with Crippen molar-refractivity contribution < 1.29 is 18.0 Å². The molecule has 184 valence electrons. The van der Waals surface area contributed by atoms with E-state index in [0.29, 0.717) is 5.69 Å². The average molecular weight is 598 g/mol. The molecule has 0 heterocycles. The Morgan fingerprint density at radius 3 is 2.35 bits per heavy atom. The summed E-state index contributed by atoms with van der Waals surface area (Å²) in [4.78, 5) is 28.1. The number of nitrogens with one attached hydrogen (secondary N) is 1. The minimum Gasteiger partial charge on any atom is -0.352 e. The molecule has 1 aliphatic carbocycles. The molecular formula is C25H32IN3O4S. The van der Waals surface area contributed by atoms with Crippen molar-refractivity contribution in [1.82, 2.24) is 10.2 Å². The third kappa shape index (κ3) is 7.18. The van der Waals surface area contributed by atoms with E-state index >= 15 is 0 Å². The summed E-state index contributed by atoms with van der Waals surface area (Å²) in [5.41, 5.74) is 2.34. The number of halogens is 1. The fourth-order valence-corrected chi connectivity index (χ4v) is 5.41. The van der Waals surface area contributed by atoms with Gasteiger partial charge in [-0.3, -0.25) is 13.9 Å². The lowest BCUT2D eigenvalue weighted by atomic mass is 10.1. The van der Waals surface area contributed by atoms with Crippen LogP contribution in [-0.4, -0.2) is 50.0 Å². The minimum atomic E-state index is -3.72. The predicted molar refractivity (Wildman–Crippen MR) is 143 cm³/mol. The van der Waals surface area contributed by atoms with Gasteiger partial charge in [-0.15, -0.1) is 0 Å². The lowest BCUT2D eigenvalue weighted by Crippen LogP contribution is -2.52. The SMILES string of the molecule is Cc1cccc(CN(C(=O)CN(c2ccc(I)cc2)S(C)(=O)=O)[C@@H](C)C(=O)NC2CCCC2)c1. The van der Waals surface area contributed by atoms with Crippen molar-refractivity contribution >= 4 is 50.1 Å². The maximum atomic E-state index is 13.6. The molecule has 34 heavy (non-hydrogen) atoms. The summed E-state index contributed by atoms with van der Waals surface area (Å²) in [6.07, 6.45) is 5.15. The molecule has 0 aliphatic heterocycles. The van der Waals surface area contributed by atoms with E-state index in [4.69, 9.17) is 0 Å². The maximum absolute atomic E-state index is 13.6. The Morgan fingerprint density at radius 2 is 1.76 bits per heavy atom. The molecule has 0 spiro atoms. The van der Waals surface area contributed by atoms with Crippen LogP contribution in [0, 0.1) is 10.5 Å². The van der Waals surface area contributed by atoms with Gasteiger partial charge in [-0.2, -0.15) is 0 Å². The molecule has 2 aromatic rings. The highest BCUT2D eigenvalue weighted by molar-refractivity contribution is 14.1. The molecule has 7 nitrogen and oxygen atoms in total. The van der Waals surface area contributed by atoms with Crippen LogP contribution in [0.15, 0.2) is 48.5 Å².